The van der Waals surface area contributed by atoms with Crippen molar-refractivity contribution in [3.05, 3.63) is 0 Å². The molecule has 0 fully saturated rings. The van der Waals surface area contributed by atoms with Crippen LogP contribution in [-0.4, -0.2) is 59.5 Å². The summed E-state index contributed by atoms with van der Waals surface area (Å²) >= 11 is 0. The van der Waals surface area contributed by atoms with Crippen LogP contribution in [-0.2, 0) is 14.3 Å². The summed E-state index contributed by atoms with van der Waals surface area (Å²) in [6.45, 7) is 0. The van der Waals surface area contributed by atoms with Gasteiger partial charge in [0.1, 0.15) is 0 Å². The van der Waals surface area contributed by atoms with E-state index in [0.717, 1.165) is 0 Å². The normalized spacial score (nSPS) is 19.2. The lowest BCUT2D eigenvalue weighted by Crippen LogP contribution is -2.68. The van der Waals surface area contributed by atoms with Crippen LogP contribution >= 0.6 is 0 Å². The first-order valence-corrected chi connectivity index (χ1v) is 5.96. The zero-order valence-corrected chi connectivity index (χ0v) is 12.6. The van der Waals surface area contributed by atoms with Crippen LogP contribution < -0.4 is 0 Å². The van der Waals surface area contributed by atoms with Crippen molar-refractivity contribution in [2.45, 2.75) is 48.4 Å². The van der Waals surface area contributed by atoms with Gasteiger partial charge >= 0.3 is 54.3 Å². The minimum Gasteiger partial charge on any atom is -0.477 e. The average Bonchev–Trinajstić information content (AvgIpc) is 2.41. The molecule has 2 atom stereocenters. The molecule has 0 rings (SSSR count). The molecule has 21 heteroatoms. The molecule has 1 N–H and O–H groups in total. The van der Waals surface area contributed by atoms with E-state index in [2.05, 4.69) is 0 Å². The maximum Gasteiger partial charge on any atom is 0.462 e. The first-order chi connectivity index (χ1) is 12.6. The van der Waals surface area contributed by atoms with Crippen molar-refractivity contribution >= 4 is 5.97 Å². The quantitative estimate of drug-likeness (QED) is 0.508. The van der Waals surface area contributed by atoms with Crippen molar-refractivity contribution in [2.75, 3.05) is 0 Å². The summed E-state index contributed by atoms with van der Waals surface area (Å²) in [5.41, 5.74) is 0. The SMILES string of the molecule is O=C(O)[C@@](F)(OC(F)(F)[C@@](F)(OC(F)(F)C(F)(F)C(F)(F)F)C(F)(F)F)C(F)(F)F. The monoisotopic (exact) mass is 496 g/mol. The summed E-state index contributed by atoms with van der Waals surface area (Å²) in [6.07, 6.45) is -38.8. The fourth-order valence-electron chi connectivity index (χ4n) is 1.15. The summed E-state index contributed by atoms with van der Waals surface area (Å²) in [4.78, 5) is 10.1. The van der Waals surface area contributed by atoms with E-state index in [1.54, 1.807) is 0 Å². The number of carboxylic acids is 1. The molecule has 0 saturated heterocycles. The summed E-state index contributed by atoms with van der Waals surface area (Å²) in [5.74, 6) is -27.3. The van der Waals surface area contributed by atoms with Gasteiger partial charge < -0.3 is 5.11 Å². The second kappa shape index (κ2) is 7.12. The number of hydrogen-bond acceptors (Lipinski definition) is 3. The van der Waals surface area contributed by atoms with E-state index in [4.69, 9.17) is 5.11 Å². The van der Waals surface area contributed by atoms with Crippen LogP contribution in [0.2, 0.25) is 0 Å². The first kappa shape index (κ1) is 28.2. The van der Waals surface area contributed by atoms with Crippen LogP contribution in [0.1, 0.15) is 0 Å². The third-order valence-corrected chi connectivity index (χ3v) is 2.64. The van der Waals surface area contributed by atoms with Crippen LogP contribution in [0.3, 0.4) is 0 Å². The molecule has 180 valence electrons. The molecule has 0 heterocycles. The minimum atomic E-state index is -8.09. The molecule has 0 aliphatic carbocycles. The molecule has 0 spiro atoms. The van der Waals surface area contributed by atoms with E-state index in [0.29, 0.717) is 0 Å². The van der Waals surface area contributed by atoms with Crippen LogP contribution in [0, 0.1) is 0 Å². The number of halogens is 17. The van der Waals surface area contributed by atoms with Crippen molar-refractivity contribution < 1.29 is 94.0 Å². The number of aliphatic carboxylic acids is 1. The predicted molar refractivity (Wildman–Crippen MR) is 50.5 cm³/mol. The van der Waals surface area contributed by atoms with Gasteiger partial charge in [0.25, 0.3) is 0 Å². The highest BCUT2D eigenvalue weighted by Gasteiger charge is 2.85. The van der Waals surface area contributed by atoms with Gasteiger partial charge in [-0.2, -0.15) is 74.6 Å². The molecule has 0 unspecified atom stereocenters. The van der Waals surface area contributed by atoms with Gasteiger partial charge in [-0.25, -0.2) is 4.79 Å². The van der Waals surface area contributed by atoms with Crippen LogP contribution in [0.4, 0.5) is 74.6 Å². The van der Waals surface area contributed by atoms with Gasteiger partial charge in [-0.3, -0.25) is 9.47 Å². The Morgan fingerprint density at radius 2 is 0.900 bits per heavy atom. The Morgan fingerprint density at radius 1 is 0.533 bits per heavy atom. The lowest BCUT2D eigenvalue weighted by molar-refractivity contribution is -0.548. The molecule has 0 aromatic rings. The molecule has 0 aliphatic rings. The van der Waals surface area contributed by atoms with Gasteiger partial charge in [0.05, 0.1) is 0 Å². The van der Waals surface area contributed by atoms with Gasteiger partial charge in [-0.05, 0) is 0 Å². The lowest BCUT2D eigenvalue weighted by Gasteiger charge is -2.39. The minimum absolute atomic E-state index is 1.19. The standard InChI is InChI=1S/C9HF17O4/c10-2(1(27)28,5(14,15)16)29-9(25,26)4(13,7(20,21)22)30-8(23,24)3(11,12)6(17,18)19/h(H,27,28)/t2-,4+/m1/s1. The highest BCUT2D eigenvalue weighted by molar-refractivity contribution is 5.76. The first-order valence-electron chi connectivity index (χ1n) is 5.96. The Labute approximate surface area is 150 Å². The smallest absolute Gasteiger partial charge is 0.462 e. The van der Waals surface area contributed by atoms with Crippen LogP contribution in [0.5, 0.6) is 0 Å². The summed E-state index contributed by atoms with van der Waals surface area (Å²) in [5, 5.41) is 7.85. The Balaban J connectivity index is 6.63. The molecule has 0 saturated carbocycles. The zero-order valence-electron chi connectivity index (χ0n) is 12.6. The third kappa shape index (κ3) is 4.44. The topological polar surface area (TPSA) is 55.8 Å². The van der Waals surface area contributed by atoms with Gasteiger partial charge in [-0.1, -0.05) is 0 Å². The average molecular weight is 496 g/mol. The van der Waals surface area contributed by atoms with Crippen LogP contribution in [0.15, 0.2) is 0 Å². The second-order valence-corrected chi connectivity index (χ2v) is 4.80. The molecule has 0 radical (unpaired) electrons. The maximum atomic E-state index is 13.5. The summed E-state index contributed by atoms with van der Waals surface area (Å²) in [7, 11) is 0. The van der Waals surface area contributed by atoms with Gasteiger partial charge in [0.2, 0.25) is 0 Å². The van der Waals surface area contributed by atoms with Gasteiger partial charge in [0.15, 0.2) is 0 Å². The number of rotatable bonds is 7. The molecule has 0 aromatic heterocycles. The molecular formula is C9HF17O4. The van der Waals surface area contributed by atoms with Crippen molar-refractivity contribution in [1.29, 1.82) is 0 Å². The largest absolute Gasteiger partial charge is 0.477 e. The van der Waals surface area contributed by atoms with Crippen molar-refractivity contribution in [2.24, 2.45) is 0 Å². The maximum absolute atomic E-state index is 13.5. The number of ether oxygens (including phenoxy) is 2. The Morgan fingerprint density at radius 3 is 1.13 bits per heavy atom. The molecule has 4 nitrogen and oxygen atoms in total. The highest BCUT2D eigenvalue weighted by Crippen LogP contribution is 2.56. The summed E-state index contributed by atoms with van der Waals surface area (Å²) in [6, 6.07) is 0. The number of hydrogen-bond donors (Lipinski definition) is 1. The molecule has 0 amide bonds. The molecule has 0 bridgehead atoms. The fraction of sp³-hybridized carbons (Fsp3) is 0.889. The van der Waals surface area contributed by atoms with Crippen LogP contribution in [0.25, 0.3) is 0 Å². The van der Waals surface area contributed by atoms with E-state index < -0.39 is 54.3 Å². The molecular weight excluding hydrogens is 495 g/mol. The van der Waals surface area contributed by atoms with Gasteiger partial charge in [-0.15, -0.1) is 0 Å². The van der Waals surface area contributed by atoms with E-state index >= 15 is 0 Å². The van der Waals surface area contributed by atoms with Crippen molar-refractivity contribution in [3.8, 4) is 0 Å². The van der Waals surface area contributed by atoms with E-state index in [-0.39, 0.29) is 0 Å². The van der Waals surface area contributed by atoms with Crippen molar-refractivity contribution in [3.63, 3.8) is 0 Å². The van der Waals surface area contributed by atoms with E-state index in [9.17, 15) is 79.4 Å². The molecule has 0 aromatic carbocycles. The summed E-state index contributed by atoms with van der Waals surface area (Å²) < 4.78 is 216. The lowest BCUT2D eigenvalue weighted by atomic mass is 10.2. The Bertz CT molecular complexity index is 647. The molecule has 30 heavy (non-hydrogen) atoms. The third-order valence-electron chi connectivity index (χ3n) is 2.64. The van der Waals surface area contributed by atoms with E-state index in [1.165, 1.54) is 9.47 Å². The zero-order chi connectivity index (χ0) is 25.0. The predicted octanol–water partition coefficient (Wildman–Crippen LogP) is 4.94. The van der Waals surface area contributed by atoms with E-state index in [1.807, 2.05) is 0 Å². The Hall–Kier alpha value is -1.80. The molecule has 0 aliphatic heterocycles. The van der Waals surface area contributed by atoms with Gasteiger partial charge in [0, 0.05) is 0 Å². The number of carbonyl (C=O) groups is 1. The highest BCUT2D eigenvalue weighted by atomic mass is 19.4. The van der Waals surface area contributed by atoms with Crippen molar-refractivity contribution in [1.82, 2.24) is 0 Å². The number of alkyl halides is 17. The fourth-order valence-corrected chi connectivity index (χ4v) is 1.15. The number of carboxylic acid groups (broad SMARTS) is 1. The second-order valence-electron chi connectivity index (χ2n) is 4.80. The Kier molecular flexibility index (Phi) is 6.70.